The number of carboxylic acid groups (broad SMARTS) is 1. The minimum absolute atomic E-state index is 0.319. The van der Waals surface area contributed by atoms with E-state index in [1.165, 1.54) is 10.9 Å². The number of carboxylic acids is 1. The average molecular weight is 294 g/mol. The Hall–Kier alpha value is -2.05. The van der Waals surface area contributed by atoms with Crippen molar-refractivity contribution in [2.45, 2.75) is 32.2 Å². The number of aliphatic carboxylic acids is 1. The molecule has 116 valence electrons. The summed E-state index contributed by atoms with van der Waals surface area (Å²) in [4.78, 5) is 25.4. The van der Waals surface area contributed by atoms with Crippen molar-refractivity contribution in [3.63, 3.8) is 0 Å². The maximum absolute atomic E-state index is 12.3. The van der Waals surface area contributed by atoms with Crippen molar-refractivity contribution in [3.05, 3.63) is 18.0 Å². The molecule has 0 aromatic carbocycles. The lowest BCUT2D eigenvalue weighted by Crippen LogP contribution is -2.44. The molecular formula is C14H22N4O3. The van der Waals surface area contributed by atoms with Crippen molar-refractivity contribution in [1.82, 2.24) is 20.0 Å². The highest BCUT2D eigenvalue weighted by molar-refractivity contribution is 5.83. The van der Waals surface area contributed by atoms with Crippen LogP contribution in [0.5, 0.6) is 0 Å². The molecule has 7 nitrogen and oxygen atoms in total. The predicted molar refractivity (Wildman–Crippen MR) is 76.7 cm³/mol. The fraction of sp³-hybridized carbons (Fsp3) is 0.643. The first-order chi connectivity index (χ1) is 9.97. The van der Waals surface area contributed by atoms with Gasteiger partial charge in [-0.2, -0.15) is 5.10 Å². The molecule has 2 rings (SSSR count). The second kappa shape index (κ2) is 6.60. The Morgan fingerprint density at radius 3 is 2.81 bits per heavy atom. The van der Waals surface area contributed by atoms with Gasteiger partial charge in [-0.15, -0.1) is 0 Å². The van der Waals surface area contributed by atoms with E-state index in [0.717, 1.165) is 19.3 Å². The van der Waals surface area contributed by atoms with Crippen LogP contribution in [-0.4, -0.2) is 44.9 Å². The Balaban J connectivity index is 2.03. The van der Waals surface area contributed by atoms with Crippen LogP contribution in [0.25, 0.3) is 0 Å². The van der Waals surface area contributed by atoms with Gasteiger partial charge in [-0.25, -0.2) is 9.59 Å². The van der Waals surface area contributed by atoms with E-state index in [4.69, 9.17) is 0 Å². The standard InChI is InChI=1S/C14H22N4O3/c1-10-4-3-6-18(7-5-10)14(21)16-12(13(19)20)11-8-15-17(2)9-11/h8-10,12H,3-7H2,1-2H3,(H,16,21)(H,19,20). The Morgan fingerprint density at radius 2 is 2.19 bits per heavy atom. The smallest absolute Gasteiger partial charge is 0.331 e. The van der Waals surface area contributed by atoms with Crippen molar-refractivity contribution in [2.75, 3.05) is 13.1 Å². The number of urea groups is 1. The molecule has 2 N–H and O–H groups in total. The van der Waals surface area contributed by atoms with Crippen molar-refractivity contribution in [3.8, 4) is 0 Å². The van der Waals surface area contributed by atoms with Crippen LogP contribution in [0.15, 0.2) is 12.4 Å². The van der Waals surface area contributed by atoms with Crippen LogP contribution < -0.4 is 5.32 Å². The third-order valence-corrected chi connectivity index (χ3v) is 3.88. The van der Waals surface area contributed by atoms with E-state index in [9.17, 15) is 14.7 Å². The van der Waals surface area contributed by atoms with Gasteiger partial charge in [0.1, 0.15) is 0 Å². The molecule has 1 fully saturated rings. The first-order valence-electron chi connectivity index (χ1n) is 7.24. The van der Waals surface area contributed by atoms with Gasteiger partial charge >= 0.3 is 12.0 Å². The molecule has 0 radical (unpaired) electrons. The molecule has 0 spiro atoms. The molecule has 2 amide bonds. The molecule has 7 heteroatoms. The van der Waals surface area contributed by atoms with E-state index < -0.39 is 12.0 Å². The van der Waals surface area contributed by atoms with Crippen LogP contribution >= 0.6 is 0 Å². The maximum Gasteiger partial charge on any atom is 0.331 e. The number of likely N-dealkylation sites (tertiary alicyclic amines) is 1. The second-order valence-electron chi connectivity index (χ2n) is 5.69. The Morgan fingerprint density at radius 1 is 1.43 bits per heavy atom. The minimum Gasteiger partial charge on any atom is -0.479 e. The molecule has 2 heterocycles. The highest BCUT2D eigenvalue weighted by Gasteiger charge is 2.26. The van der Waals surface area contributed by atoms with Crippen LogP contribution in [0, 0.1) is 5.92 Å². The molecule has 0 bridgehead atoms. The lowest BCUT2D eigenvalue weighted by atomic mass is 10.0. The molecule has 2 unspecified atom stereocenters. The number of nitrogens with zero attached hydrogens (tertiary/aromatic N) is 3. The van der Waals surface area contributed by atoms with Crippen LogP contribution in [-0.2, 0) is 11.8 Å². The van der Waals surface area contributed by atoms with E-state index in [1.807, 2.05) is 0 Å². The zero-order valence-electron chi connectivity index (χ0n) is 12.5. The number of aryl methyl sites for hydroxylation is 1. The Bertz CT molecular complexity index is 514. The number of aromatic nitrogens is 2. The van der Waals surface area contributed by atoms with Gasteiger partial charge in [-0.3, -0.25) is 4.68 Å². The highest BCUT2D eigenvalue weighted by atomic mass is 16.4. The number of carbonyl (C=O) groups excluding carboxylic acids is 1. The monoisotopic (exact) mass is 294 g/mol. The van der Waals surface area contributed by atoms with E-state index >= 15 is 0 Å². The molecule has 1 aromatic heterocycles. The van der Waals surface area contributed by atoms with Gasteiger partial charge in [0.2, 0.25) is 0 Å². The zero-order chi connectivity index (χ0) is 15.4. The van der Waals surface area contributed by atoms with Gasteiger partial charge < -0.3 is 15.3 Å². The number of amides is 2. The van der Waals surface area contributed by atoms with Crippen LogP contribution in [0.1, 0.15) is 37.8 Å². The normalized spacial score (nSPS) is 20.7. The van der Waals surface area contributed by atoms with Crippen LogP contribution in [0.4, 0.5) is 4.79 Å². The molecule has 1 aliphatic rings. The van der Waals surface area contributed by atoms with Gasteiger partial charge in [0, 0.05) is 31.9 Å². The molecule has 1 aliphatic heterocycles. The third kappa shape index (κ3) is 3.96. The zero-order valence-corrected chi connectivity index (χ0v) is 12.5. The third-order valence-electron chi connectivity index (χ3n) is 3.88. The van der Waals surface area contributed by atoms with E-state index in [2.05, 4.69) is 17.3 Å². The summed E-state index contributed by atoms with van der Waals surface area (Å²) in [6.45, 7) is 3.53. The number of hydrogen-bond donors (Lipinski definition) is 2. The summed E-state index contributed by atoms with van der Waals surface area (Å²) in [7, 11) is 1.71. The van der Waals surface area contributed by atoms with Crippen molar-refractivity contribution in [1.29, 1.82) is 0 Å². The van der Waals surface area contributed by atoms with Gasteiger partial charge in [0.05, 0.1) is 6.20 Å². The molecule has 21 heavy (non-hydrogen) atoms. The number of hydrogen-bond acceptors (Lipinski definition) is 3. The summed E-state index contributed by atoms with van der Waals surface area (Å²) in [6.07, 6.45) is 6.08. The molecule has 1 aromatic rings. The second-order valence-corrected chi connectivity index (χ2v) is 5.69. The molecule has 1 saturated heterocycles. The van der Waals surface area contributed by atoms with Gasteiger partial charge in [0.25, 0.3) is 0 Å². The summed E-state index contributed by atoms with van der Waals surface area (Å²) >= 11 is 0. The molecule has 0 saturated carbocycles. The molecule has 2 atom stereocenters. The van der Waals surface area contributed by atoms with Crippen LogP contribution in [0.3, 0.4) is 0 Å². The van der Waals surface area contributed by atoms with Gasteiger partial charge in [0.15, 0.2) is 6.04 Å². The Kier molecular flexibility index (Phi) is 4.82. The topological polar surface area (TPSA) is 87.5 Å². The number of nitrogens with one attached hydrogen (secondary N) is 1. The quantitative estimate of drug-likeness (QED) is 0.881. The van der Waals surface area contributed by atoms with E-state index in [1.54, 1.807) is 18.1 Å². The molecule has 0 aliphatic carbocycles. The Labute approximate surface area is 123 Å². The number of rotatable bonds is 3. The first kappa shape index (κ1) is 15.3. The van der Waals surface area contributed by atoms with Gasteiger partial charge in [-0.1, -0.05) is 6.92 Å². The maximum atomic E-state index is 12.3. The van der Waals surface area contributed by atoms with Crippen LogP contribution in [0.2, 0.25) is 0 Å². The summed E-state index contributed by atoms with van der Waals surface area (Å²) in [5.74, 6) is -0.476. The fourth-order valence-electron chi connectivity index (χ4n) is 2.56. The fourth-order valence-corrected chi connectivity index (χ4v) is 2.56. The first-order valence-corrected chi connectivity index (χ1v) is 7.24. The van der Waals surface area contributed by atoms with Crippen molar-refractivity contribution >= 4 is 12.0 Å². The summed E-state index contributed by atoms with van der Waals surface area (Å²) < 4.78 is 1.52. The summed E-state index contributed by atoms with van der Waals surface area (Å²) in [6, 6.07) is -1.38. The van der Waals surface area contributed by atoms with E-state index in [0.29, 0.717) is 24.6 Å². The predicted octanol–water partition coefficient (Wildman–Crippen LogP) is 1.38. The lowest BCUT2D eigenvalue weighted by Gasteiger charge is -2.23. The summed E-state index contributed by atoms with van der Waals surface area (Å²) in [5.41, 5.74) is 0.474. The van der Waals surface area contributed by atoms with Crippen molar-refractivity contribution in [2.24, 2.45) is 13.0 Å². The highest BCUT2D eigenvalue weighted by Crippen LogP contribution is 2.18. The lowest BCUT2D eigenvalue weighted by molar-refractivity contribution is -0.139. The summed E-state index contributed by atoms with van der Waals surface area (Å²) in [5, 5.41) is 15.9. The number of carbonyl (C=O) groups is 2. The average Bonchev–Trinajstić information content (AvgIpc) is 2.72. The molecular weight excluding hydrogens is 272 g/mol. The SMILES string of the molecule is CC1CCCN(C(=O)NC(C(=O)O)c2cnn(C)c2)CC1. The van der Waals surface area contributed by atoms with Crippen molar-refractivity contribution < 1.29 is 14.7 Å². The minimum atomic E-state index is -1.08. The largest absolute Gasteiger partial charge is 0.479 e. The van der Waals surface area contributed by atoms with Gasteiger partial charge in [-0.05, 0) is 25.2 Å². The van der Waals surface area contributed by atoms with E-state index in [-0.39, 0.29) is 6.03 Å².